The van der Waals surface area contributed by atoms with Gasteiger partial charge in [-0.15, -0.1) is 0 Å². The molecule has 2 aliphatic heterocycles. The van der Waals surface area contributed by atoms with Crippen molar-refractivity contribution in [2.24, 2.45) is 0 Å². The number of guanidine groups is 1. The standard InChI is InChI=1S/C29H60N6O/c1-11-18-36-35-28(6,7)19-23(20-29(35,8)9)32-16-14-12-13-15-17-34(25(30)31-10)24-21-26(2,3)33-27(4,5)22-24/h23-24,32-33H,11-22H2,1-10H3,(H2,30,31). The first-order chi connectivity index (χ1) is 16.6. The van der Waals surface area contributed by atoms with Crippen LogP contribution in [0, 0.1) is 5.41 Å². The zero-order valence-corrected chi connectivity index (χ0v) is 25.4. The van der Waals surface area contributed by atoms with E-state index in [9.17, 15) is 0 Å². The van der Waals surface area contributed by atoms with Crippen LogP contribution in [0.3, 0.4) is 0 Å². The zero-order chi connectivity index (χ0) is 27.2. The fourth-order valence-corrected chi connectivity index (χ4v) is 7.12. The van der Waals surface area contributed by atoms with E-state index >= 15 is 0 Å². The van der Waals surface area contributed by atoms with Crippen molar-refractivity contribution >= 4 is 5.96 Å². The minimum atomic E-state index is 0.0353. The maximum atomic E-state index is 8.54. The molecular weight excluding hydrogens is 448 g/mol. The first kappa shape index (κ1) is 31.3. The molecule has 0 atom stereocenters. The number of hydrogen-bond acceptors (Lipinski definition) is 5. The van der Waals surface area contributed by atoms with Crippen molar-refractivity contribution in [1.29, 1.82) is 5.41 Å². The molecule has 0 aliphatic carbocycles. The molecule has 212 valence electrons. The van der Waals surface area contributed by atoms with Gasteiger partial charge in [0.25, 0.3) is 0 Å². The van der Waals surface area contributed by atoms with Crippen molar-refractivity contribution in [3.05, 3.63) is 0 Å². The summed E-state index contributed by atoms with van der Waals surface area (Å²) in [7, 11) is 1.88. The van der Waals surface area contributed by atoms with Crippen molar-refractivity contribution in [2.75, 3.05) is 26.7 Å². The first-order valence-corrected chi connectivity index (χ1v) is 14.6. The van der Waals surface area contributed by atoms with E-state index in [0.29, 0.717) is 18.0 Å². The molecule has 7 heteroatoms. The molecule has 0 amide bonds. The average Bonchev–Trinajstić information content (AvgIpc) is 2.71. The molecule has 2 fully saturated rings. The second-order valence-electron chi connectivity index (χ2n) is 14.0. The lowest BCUT2D eigenvalue weighted by Gasteiger charge is -2.54. The van der Waals surface area contributed by atoms with Gasteiger partial charge in [-0.25, -0.2) is 0 Å². The molecule has 0 bridgehead atoms. The van der Waals surface area contributed by atoms with Crippen LogP contribution < -0.4 is 16.0 Å². The van der Waals surface area contributed by atoms with Gasteiger partial charge in [-0.3, -0.25) is 10.2 Å². The smallest absolute Gasteiger partial charge is 0.191 e. The highest BCUT2D eigenvalue weighted by molar-refractivity contribution is 5.76. The van der Waals surface area contributed by atoms with Gasteiger partial charge in [0.05, 0.1) is 6.61 Å². The largest absolute Gasteiger partial charge is 0.359 e. The Morgan fingerprint density at radius 1 is 0.917 bits per heavy atom. The molecule has 0 unspecified atom stereocenters. The van der Waals surface area contributed by atoms with Gasteiger partial charge in [0, 0.05) is 47.8 Å². The summed E-state index contributed by atoms with van der Waals surface area (Å²) in [5.41, 5.74) is 0.249. The summed E-state index contributed by atoms with van der Waals surface area (Å²) in [5, 5.41) is 21.6. The summed E-state index contributed by atoms with van der Waals surface area (Å²) in [5.74, 6) is 0.564. The van der Waals surface area contributed by atoms with E-state index in [2.05, 4.69) is 88.2 Å². The molecule has 0 saturated carbocycles. The normalized spacial score (nSPS) is 23.9. The lowest BCUT2D eigenvalue weighted by atomic mass is 9.79. The molecule has 4 N–H and O–H groups in total. The summed E-state index contributed by atoms with van der Waals surface area (Å²) >= 11 is 0. The highest BCUT2D eigenvalue weighted by Gasteiger charge is 2.46. The molecule has 7 nitrogen and oxygen atoms in total. The Balaban J connectivity index is 1.75. The maximum Gasteiger partial charge on any atom is 0.191 e. The summed E-state index contributed by atoms with van der Waals surface area (Å²) in [4.78, 5) is 8.49. The van der Waals surface area contributed by atoms with E-state index < -0.39 is 0 Å². The summed E-state index contributed by atoms with van der Waals surface area (Å²) in [6.07, 6.45) is 10.2. The van der Waals surface area contributed by atoms with Crippen LogP contribution >= 0.6 is 0 Å². The predicted molar refractivity (Wildman–Crippen MR) is 154 cm³/mol. The molecule has 0 aromatic rings. The molecule has 2 heterocycles. The highest BCUT2D eigenvalue weighted by atomic mass is 16.7. The van der Waals surface area contributed by atoms with Crippen molar-refractivity contribution in [1.82, 2.24) is 25.9 Å². The maximum absolute atomic E-state index is 8.54. The topological polar surface area (TPSA) is 75.7 Å². The van der Waals surface area contributed by atoms with Crippen molar-refractivity contribution < 1.29 is 4.84 Å². The van der Waals surface area contributed by atoms with Crippen LogP contribution in [0.5, 0.6) is 0 Å². The molecule has 0 aromatic heterocycles. The lowest BCUT2D eigenvalue weighted by Crippen LogP contribution is -2.63. The second-order valence-corrected chi connectivity index (χ2v) is 14.0. The van der Waals surface area contributed by atoms with Gasteiger partial charge in [0.1, 0.15) is 0 Å². The third kappa shape index (κ3) is 9.14. The monoisotopic (exact) mass is 508 g/mol. The molecular formula is C29H60N6O. The van der Waals surface area contributed by atoms with Gasteiger partial charge in [-0.1, -0.05) is 19.8 Å². The van der Waals surface area contributed by atoms with Crippen LogP contribution in [-0.4, -0.2) is 76.9 Å². The summed E-state index contributed by atoms with van der Waals surface area (Å²) < 4.78 is 0. The Morgan fingerprint density at radius 2 is 1.47 bits per heavy atom. The Morgan fingerprint density at radius 3 is 2.00 bits per heavy atom. The van der Waals surface area contributed by atoms with Crippen molar-refractivity contribution in [3.63, 3.8) is 0 Å². The van der Waals surface area contributed by atoms with Gasteiger partial charge in [-0.05, 0) is 107 Å². The minimum Gasteiger partial charge on any atom is -0.359 e. The number of nitrogens with one attached hydrogen (secondary N) is 4. The number of nitrogens with zero attached hydrogens (tertiary/aromatic N) is 2. The second kappa shape index (κ2) is 12.8. The van der Waals surface area contributed by atoms with Gasteiger partial charge in [0.15, 0.2) is 5.96 Å². The number of rotatable bonds is 12. The Labute approximate surface area is 223 Å². The predicted octanol–water partition coefficient (Wildman–Crippen LogP) is 5.26. The quantitative estimate of drug-likeness (QED) is 0.164. The molecule has 2 saturated heterocycles. The number of piperidine rings is 2. The Kier molecular flexibility index (Phi) is 11.1. The number of unbranched alkanes of at least 4 members (excludes halogenated alkanes) is 3. The Bertz CT molecular complexity index is 655. The highest BCUT2D eigenvalue weighted by Crippen LogP contribution is 2.38. The van der Waals surface area contributed by atoms with Crippen LogP contribution in [0.25, 0.3) is 0 Å². The first-order valence-electron chi connectivity index (χ1n) is 14.6. The van der Waals surface area contributed by atoms with E-state index in [-0.39, 0.29) is 22.2 Å². The molecule has 0 aromatic carbocycles. The van der Waals surface area contributed by atoms with E-state index in [0.717, 1.165) is 58.2 Å². The summed E-state index contributed by atoms with van der Waals surface area (Å²) in [6, 6.07) is 0.937. The fourth-order valence-electron chi connectivity index (χ4n) is 7.12. The number of hydrogen-bond donors (Lipinski definition) is 4. The molecule has 0 spiro atoms. The van der Waals surface area contributed by atoms with E-state index in [1.54, 1.807) is 0 Å². The van der Waals surface area contributed by atoms with Crippen LogP contribution in [0.1, 0.15) is 120 Å². The SMILES string of the molecule is CCCON1C(C)(C)CC(NCCCCCCN(C(=N)NC)C2CC(C)(C)NC(C)(C)C2)CC1(C)C. The van der Waals surface area contributed by atoms with Crippen molar-refractivity contribution in [2.45, 2.75) is 154 Å². The third-order valence-corrected chi connectivity index (χ3v) is 7.91. The minimum absolute atomic E-state index is 0.0353. The van der Waals surface area contributed by atoms with E-state index in [1.807, 2.05) is 7.05 Å². The van der Waals surface area contributed by atoms with Crippen LogP contribution in [0.2, 0.25) is 0 Å². The van der Waals surface area contributed by atoms with Gasteiger partial charge >= 0.3 is 0 Å². The number of hydroxylamine groups is 2. The average molecular weight is 509 g/mol. The van der Waals surface area contributed by atoms with Crippen LogP contribution in [0.4, 0.5) is 0 Å². The molecule has 2 rings (SSSR count). The lowest BCUT2D eigenvalue weighted by molar-refractivity contribution is -0.283. The van der Waals surface area contributed by atoms with E-state index in [1.165, 1.54) is 19.3 Å². The molecule has 2 aliphatic rings. The van der Waals surface area contributed by atoms with Crippen LogP contribution in [-0.2, 0) is 4.84 Å². The molecule has 0 radical (unpaired) electrons. The zero-order valence-electron chi connectivity index (χ0n) is 25.4. The van der Waals surface area contributed by atoms with Gasteiger partial charge in [0.2, 0.25) is 0 Å². The molecule has 36 heavy (non-hydrogen) atoms. The fraction of sp³-hybridized carbons (Fsp3) is 0.966. The Hall–Kier alpha value is -0.890. The van der Waals surface area contributed by atoms with Gasteiger partial charge < -0.3 is 20.9 Å². The van der Waals surface area contributed by atoms with E-state index in [4.69, 9.17) is 10.2 Å². The van der Waals surface area contributed by atoms with Crippen LogP contribution in [0.15, 0.2) is 0 Å². The summed E-state index contributed by atoms with van der Waals surface area (Å²) in [6.45, 7) is 23.4. The van der Waals surface area contributed by atoms with Gasteiger partial charge in [-0.2, -0.15) is 5.06 Å². The third-order valence-electron chi connectivity index (χ3n) is 7.91. The van der Waals surface area contributed by atoms with Crippen molar-refractivity contribution in [3.8, 4) is 0 Å².